The van der Waals surface area contributed by atoms with E-state index in [0.717, 1.165) is 6.07 Å². The second-order valence-corrected chi connectivity index (χ2v) is 6.09. The Hall–Kier alpha value is -1.41. The van der Waals surface area contributed by atoms with Gasteiger partial charge in [0.1, 0.15) is 5.82 Å². The molecule has 1 aromatic carbocycles. The molecule has 0 saturated heterocycles. The molecule has 96 valence electrons. The molecule has 0 aliphatic rings. The van der Waals surface area contributed by atoms with Crippen LogP contribution in [0.25, 0.3) is 0 Å². The van der Waals surface area contributed by atoms with Crippen molar-refractivity contribution in [3.05, 3.63) is 41.0 Å². The molecule has 1 N–H and O–H groups in total. The lowest BCUT2D eigenvalue weighted by molar-refractivity contribution is 0.598. The normalized spacial score (nSPS) is 11.5. The molecule has 0 amide bonds. The van der Waals surface area contributed by atoms with Crippen molar-refractivity contribution in [1.29, 1.82) is 0 Å². The van der Waals surface area contributed by atoms with E-state index in [0.29, 0.717) is 4.47 Å². The highest BCUT2D eigenvalue weighted by atomic mass is 79.9. The van der Waals surface area contributed by atoms with Gasteiger partial charge in [-0.05, 0) is 34.1 Å². The monoisotopic (exact) mass is 333 g/mol. The van der Waals surface area contributed by atoms with Gasteiger partial charge in [-0.3, -0.25) is 4.72 Å². The average molecular weight is 334 g/mol. The molecule has 2 aromatic rings. The van der Waals surface area contributed by atoms with Gasteiger partial charge in [-0.25, -0.2) is 9.37 Å². The van der Waals surface area contributed by atoms with Gasteiger partial charge in [-0.1, -0.05) is 0 Å². The van der Waals surface area contributed by atoms with E-state index in [1.165, 1.54) is 29.2 Å². The van der Waals surface area contributed by atoms with Crippen LogP contribution in [0.3, 0.4) is 0 Å². The largest absolute Gasteiger partial charge is 0.339 e. The summed E-state index contributed by atoms with van der Waals surface area (Å²) < 4.78 is 41.2. The molecule has 1 heterocycles. The van der Waals surface area contributed by atoms with E-state index >= 15 is 0 Å². The second kappa shape index (κ2) is 4.69. The van der Waals surface area contributed by atoms with Crippen LogP contribution in [0, 0.1) is 5.82 Å². The van der Waals surface area contributed by atoms with Crippen LogP contribution in [0.15, 0.2) is 40.2 Å². The zero-order valence-electron chi connectivity index (χ0n) is 9.26. The smallest absolute Gasteiger partial charge is 0.280 e. The number of aromatic nitrogens is 2. The number of imidazole rings is 1. The molecule has 0 saturated carbocycles. The summed E-state index contributed by atoms with van der Waals surface area (Å²) in [5, 5.41) is -0.124. The van der Waals surface area contributed by atoms with Crippen molar-refractivity contribution in [2.24, 2.45) is 7.05 Å². The molecule has 0 unspecified atom stereocenters. The lowest BCUT2D eigenvalue weighted by Crippen LogP contribution is -2.13. The zero-order chi connectivity index (χ0) is 13.3. The molecule has 0 spiro atoms. The predicted molar refractivity (Wildman–Crippen MR) is 68.1 cm³/mol. The van der Waals surface area contributed by atoms with Crippen molar-refractivity contribution in [3.8, 4) is 0 Å². The second-order valence-electron chi connectivity index (χ2n) is 3.61. The molecule has 0 aliphatic heterocycles. The van der Waals surface area contributed by atoms with E-state index < -0.39 is 15.8 Å². The van der Waals surface area contributed by atoms with Crippen LogP contribution in [0.4, 0.5) is 10.1 Å². The van der Waals surface area contributed by atoms with Crippen LogP contribution in [-0.2, 0) is 17.1 Å². The Morgan fingerprint density at radius 2 is 2.17 bits per heavy atom. The minimum Gasteiger partial charge on any atom is -0.339 e. The Balaban J connectivity index is 2.36. The Morgan fingerprint density at radius 3 is 2.78 bits per heavy atom. The highest BCUT2D eigenvalue weighted by Crippen LogP contribution is 2.25. The number of sulfonamides is 1. The number of halogens is 2. The van der Waals surface area contributed by atoms with Crippen LogP contribution < -0.4 is 4.72 Å². The fraction of sp³-hybridized carbons (Fsp3) is 0.100. The maximum absolute atomic E-state index is 13.1. The third-order valence-electron chi connectivity index (χ3n) is 2.13. The Labute approximate surface area is 112 Å². The van der Waals surface area contributed by atoms with Crippen molar-refractivity contribution in [3.63, 3.8) is 0 Å². The van der Waals surface area contributed by atoms with Gasteiger partial charge in [0.2, 0.25) is 0 Å². The average Bonchev–Trinajstić information content (AvgIpc) is 2.71. The SMILES string of the molecule is Cn1cnc(S(=O)(=O)Nc2cc(F)ccc2Br)c1. The lowest BCUT2D eigenvalue weighted by Gasteiger charge is -2.07. The van der Waals surface area contributed by atoms with Gasteiger partial charge in [-0.15, -0.1) is 0 Å². The molecule has 5 nitrogen and oxygen atoms in total. The fourth-order valence-corrected chi connectivity index (χ4v) is 2.83. The number of rotatable bonds is 3. The quantitative estimate of drug-likeness (QED) is 0.935. The third-order valence-corrected chi connectivity index (χ3v) is 4.07. The molecule has 0 fully saturated rings. The van der Waals surface area contributed by atoms with Gasteiger partial charge in [0.05, 0.1) is 12.0 Å². The number of nitrogens with zero attached hydrogens (tertiary/aromatic N) is 2. The highest BCUT2D eigenvalue weighted by molar-refractivity contribution is 9.10. The van der Waals surface area contributed by atoms with E-state index in [1.54, 1.807) is 7.05 Å². The minimum atomic E-state index is -3.81. The fourth-order valence-electron chi connectivity index (χ4n) is 1.30. The molecule has 18 heavy (non-hydrogen) atoms. The summed E-state index contributed by atoms with van der Waals surface area (Å²) in [7, 11) is -2.15. The van der Waals surface area contributed by atoms with Crippen LogP contribution in [-0.4, -0.2) is 18.0 Å². The number of aryl methyl sites for hydroxylation is 1. The lowest BCUT2D eigenvalue weighted by atomic mass is 10.3. The number of hydrogen-bond donors (Lipinski definition) is 1. The van der Waals surface area contributed by atoms with Crippen LogP contribution in [0.2, 0.25) is 0 Å². The van der Waals surface area contributed by atoms with E-state index in [2.05, 4.69) is 25.6 Å². The first-order chi connectivity index (χ1) is 8.38. The Morgan fingerprint density at radius 1 is 1.44 bits per heavy atom. The minimum absolute atomic E-state index is 0.124. The Bertz CT molecular complexity index is 684. The molecule has 2 rings (SSSR count). The van der Waals surface area contributed by atoms with E-state index in [1.807, 2.05) is 0 Å². The van der Waals surface area contributed by atoms with Crippen molar-refractivity contribution < 1.29 is 12.8 Å². The van der Waals surface area contributed by atoms with E-state index in [9.17, 15) is 12.8 Å². The van der Waals surface area contributed by atoms with Crippen molar-refractivity contribution >= 4 is 31.6 Å². The van der Waals surface area contributed by atoms with E-state index in [-0.39, 0.29) is 10.7 Å². The predicted octanol–water partition coefficient (Wildman–Crippen LogP) is 2.12. The van der Waals surface area contributed by atoms with Gasteiger partial charge >= 0.3 is 0 Å². The maximum Gasteiger partial charge on any atom is 0.280 e. The summed E-state index contributed by atoms with van der Waals surface area (Å²) in [6.45, 7) is 0. The molecule has 0 radical (unpaired) electrons. The van der Waals surface area contributed by atoms with Gasteiger partial charge in [0.15, 0.2) is 5.03 Å². The van der Waals surface area contributed by atoms with Crippen LogP contribution in [0.1, 0.15) is 0 Å². The number of hydrogen-bond acceptors (Lipinski definition) is 3. The van der Waals surface area contributed by atoms with Gasteiger partial charge in [-0.2, -0.15) is 8.42 Å². The first-order valence-electron chi connectivity index (χ1n) is 4.84. The van der Waals surface area contributed by atoms with Gasteiger partial charge in [0, 0.05) is 17.7 Å². The molecule has 8 heteroatoms. The first-order valence-corrected chi connectivity index (χ1v) is 7.12. The highest BCUT2D eigenvalue weighted by Gasteiger charge is 2.18. The molecule has 0 atom stereocenters. The number of nitrogens with one attached hydrogen (secondary N) is 1. The molecular formula is C10H9BrFN3O2S. The van der Waals surface area contributed by atoms with Gasteiger partial charge in [0.25, 0.3) is 10.0 Å². The van der Waals surface area contributed by atoms with E-state index in [4.69, 9.17) is 0 Å². The number of benzene rings is 1. The summed E-state index contributed by atoms with van der Waals surface area (Å²) >= 11 is 3.14. The van der Waals surface area contributed by atoms with Crippen LogP contribution in [0.5, 0.6) is 0 Å². The van der Waals surface area contributed by atoms with Crippen molar-refractivity contribution in [2.75, 3.05) is 4.72 Å². The van der Waals surface area contributed by atoms with Crippen molar-refractivity contribution in [1.82, 2.24) is 9.55 Å². The first kappa shape index (κ1) is 13.0. The summed E-state index contributed by atoms with van der Waals surface area (Å²) in [5.74, 6) is -0.531. The zero-order valence-corrected chi connectivity index (χ0v) is 11.7. The summed E-state index contributed by atoms with van der Waals surface area (Å²) in [6.07, 6.45) is 2.73. The molecule has 0 bridgehead atoms. The Kier molecular flexibility index (Phi) is 3.40. The molecule has 0 aliphatic carbocycles. The summed E-state index contributed by atoms with van der Waals surface area (Å²) in [6, 6.07) is 3.73. The third kappa shape index (κ3) is 2.70. The summed E-state index contributed by atoms with van der Waals surface area (Å²) in [4.78, 5) is 3.74. The topological polar surface area (TPSA) is 64.0 Å². The molecule has 1 aromatic heterocycles. The maximum atomic E-state index is 13.1. The number of anilines is 1. The van der Waals surface area contributed by atoms with Crippen molar-refractivity contribution in [2.45, 2.75) is 5.03 Å². The summed E-state index contributed by atoms with van der Waals surface area (Å²) in [5.41, 5.74) is 0.126. The van der Waals surface area contributed by atoms with Gasteiger partial charge < -0.3 is 4.57 Å². The molecular weight excluding hydrogens is 325 g/mol. The van der Waals surface area contributed by atoms with Crippen LogP contribution >= 0.6 is 15.9 Å². The standard InChI is InChI=1S/C10H9BrFN3O2S/c1-15-5-10(13-6-15)18(16,17)14-9-4-7(12)2-3-8(9)11/h2-6,14H,1H3.